The lowest BCUT2D eigenvalue weighted by atomic mass is 10.1. The first-order valence-electron chi connectivity index (χ1n) is 7.57. The van der Waals surface area contributed by atoms with E-state index in [2.05, 4.69) is 15.3 Å². The van der Waals surface area contributed by atoms with Gasteiger partial charge < -0.3 is 10.2 Å². The minimum Gasteiger partial charge on any atom is -0.336 e. The van der Waals surface area contributed by atoms with Crippen LogP contribution in [0.5, 0.6) is 0 Å². The Morgan fingerprint density at radius 2 is 1.83 bits per heavy atom. The summed E-state index contributed by atoms with van der Waals surface area (Å²) in [5.74, 6) is 0.00241. The Balaban J connectivity index is 0.000000960. The molecule has 1 aromatic carbocycles. The molecule has 1 aromatic heterocycles. The van der Waals surface area contributed by atoms with Crippen LogP contribution in [0.25, 0.3) is 11.0 Å². The van der Waals surface area contributed by atoms with Crippen molar-refractivity contribution in [2.75, 3.05) is 13.1 Å². The minimum atomic E-state index is 0. The van der Waals surface area contributed by atoms with E-state index in [4.69, 9.17) is 0 Å². The molecular formula is C16H20Cl2N4O. The first-order valence-corrected chi connectivity index (χ1v) is 7.57. The smallest absolute Gasteiger partial charge is 0.274 e. The van der Waals surface area contributed by atoms with Gasteiger partial charge in [0, 0.05) is 25.2 Å². The lowest BCUT2D eigenvalue weighted by Crippen LogP contribution is -2.39. The number of hydrogen-bond donors (Lipinski definition) is 1. The second-order valence-corrected chi connectivity index (χ2v) is 5.92. The Bertz CT molecular complexity index is 697. The van der Waals surface area contributed by atoms with Gasteiger partial charge in [-0.3, -0.25) is 9.78 Å². The minimum absolute atomic E-state index is 0. The topological polar surface area (TPSA) is 58.1 Å². The summed E-state index contributed by atoms with van der Waals surface area (Å²) in [6.07, 6.45) is 5.03. The van der Waals surface area contributed by atoms with Crippen LogP contribution in [-0.2, 0) is 0 Å². The molecule has 2 unspecified atom stereocenters. The molecule has 2 aliphatic rings. The van der Waals surface area contributed by atoms with E-state index in [1.807, 2.05) is 29.2 Å². The average Bonchev–Trinajstić information content (AvgIpc) is 2.85. The van der Waals surface area contributed by atoms with Crippen molar-refractivity contribution in [1.82, 2.24) is 20.2 Å². The number of carbonyl (C=O) groups is 1. The van der Waals surface area contributed by atoms with Crippen molar-refractivity contribution in [3.8, 4) is 0 Å². The van der Waals surface area contributed by atoms with E-state index in [1.54, 1.807) is 6.20 Å². The number of fused-ring (bicyclic) bond motifs is 3. The molecule has 2 aliphatic heterocycles. The molecule has 0 aliphatic carbocycles. The van der Waals surface area contributed by atoms with Gasteiger partial charge in [0.05, 0.1) is 17.2 Å². The van der Waals surface area contributed by atoms with Gasteiger partial charge in [0.1, 0.15) is 5.69 Å². The molecule has 5 nitrogen and oxygen atoms in total. The van der Waals surface area contributed by atoms with E-state index >= 15 is 0 Å². The van der Waals surface area contributed by atoms with Crippen molar-refractivity contribution >= 4 is 41.8 Å². The molecule has 2 bridgehead atoms. The molecular weight excluding hydrogens is 335 g/mol. The Morgan fingerprint density at radius 1 is 1.09 bits per heavy atom. The van der Waals surface area contributed by atoms with E-state index in [-0.39, 0.29) is 30.7 Å². The summed E-state index contributed by atoms with van der Waals surface area (Å²) in [6.45, 7) is 1.59. The molecule has 0 spiro atoms. The van der Waals surface area contributed by atoms with Crippen LogP contribution < -0.4 is 5.32 Å². The molecule has 1 N–H and O–H groups in total. The maximum Gasteiger partial charge on any atom is 0.274 e. The van der Waals surface area contributed by atoms with Gasteiger partial charge in [-0.2, -0.15) is 0 Å². The summed E-state index contributed by atoms with van der Waals surface area (Å²) in [6, 6.07) is 8.66. The summed E-state index contributed by atoms with van der Waals surface area (Å²) >= 11 is 0. The van der Waals surface area contributed by atoms with Crippen LogP contribution >= 0.6 is 24.8 Å². The fraction of sp³-hybridized carbons (Fsp3) is 0.438. The summed E-state index contributed by atoms with van der Waals surface area (Å²) in [7, 11) is 0. The number of carbonyl (C=O) groups excluding carboxylic acids is 1. The highest BCUT2D eigenvalue weighted by Gasteiger charge is 2.31. The molecule has 2 saturated heterocycles. The van der Waals surface area contributed by atoms with Crippen LogP contribution in [0.2, 0.25) is 0 Å². The quantitative estimate of drug-likeness (QED) is 0.854. The number of nitrogens with zero attached hydrogens (tertiary/aromatic N) is 3. The summed E-state index contributed by atoms with van der Waals surface area (Å²) in [4.78, 5) is 23.4. The number of hydrogen-bond acceptors (Lipinski definition) is 4. The molecule has 124 valence electrons. The number of para-hydroxylation sites is 2. The van der Waals surface area contributed by atoms with Gasteiger partial charge >= 0.3 is 0 Å². The first-order chi connectivity index (χ1) is 10.3. The average molecular weight is 355 g/mol. The van der Waals surface area contributed by atoms with Crippen molar-refractivity contribution in [1.29, 1.82) is 0 Å². The highest BCUT2D eigenvalue weighted by atomic mass is 35.5. The number of nitrogens with one attached hydrogen (secondary N) is 1. The number of likely N-dealkylation sites (tertiary alicyclic amines) is 1. The highest BCUT2D eigenvalue weighted by Crippen LogP contribution is 2.21. The number of rotatable bonds is 1. The zero-order chi connectivity index (χ0) is 14.2. The predicted octanol–water partition coefficient (Wildman–Crippen LogP) is 2.44. The van der Waals surface area contributed by atoms with Crippen molar-refractivity contribution in [3.63, 3.8) is 0 Å². The lowest BCUT2D eigenvalue weighted by Gasteiger charge is -2.23. The Morgan fingerprint density at radius 3 is 2.65 bits per heavy atom. The van der Waals surface area contributed by atoms with E-state index in [9.17, 15) is 4.79 Å². The van der Waals surface area contributed by atoms with Gasteiger partial charge in [0.25, 0.3) is 5.91 Å². The summed E-state index contributed by atoms with van der Waals surface area (Å²) in [5, 5.41) is 3.59. The molecule has 4 rings (SSSR count). The predicted molar refractivity (Wildman–Crippen MR) is 94.5 cm³/mol. The van der Waals surface area contributed by atoms with Crippen LogP contribution in [-0.4, -0.2) is 45.9 Å². The maximum atomic E-state index is 12.7. The van der Waals surface area contributed by atoms with E-state index < -0.39 is 0 Å². The second kappa shape index (κ2) is 7.43. The largest absolute Gasteiger partial charge is 0.336 e. The molecule has 0 radical (unpaired) electrons. The molecule has 7 heteroatoms. The molecule has 2 atom stereocenters. The summed E-state index contributed by atoms with van der Waals surface area (Å²) in [5.41, 5.74) is 2.05. The SMILES string of the molecule is Cl.Cl.O=C(c1cnc2ccccc2n1)N1CCC2CCC(C1)N2. The van der Waals surface area contributed by atoms with Crippen molar-refractivity contribution in [3.05, 3.63) is 36.2 Å². The number of aromatic nitrogens is 2. The number of halogens is 2. The monoisotopic (exact) mass is 354 g/mol. The number of benzene rings is 1. The number of amides is 1. The fourth-order valence-corrected chi connectivity index (χ4v) is 3.35. The highest BCUT2D eigenvalue weighted by molar-refractivity contribution is 5.93. The molecule has 3 heterocycles. The molecule has 23 heavy (non-hydrogen) atoms. The standard InChI is InChI=1S/C16H18N4O.2ClH/c21-16(20-8-7-11-5-6-12(10-20)18-11)15-9-17-13-3-1-2-4-14(13)19-15;;/h1-4,9,11-12,18H,5-8,10H2;2*1H. The second-order valence-electron chi connectivity index (χ2n) is 5.92. The van der Waals surface area contributed by atoms with Gasteiger partial charge in [-0.05, 0) is 31.4 Å². The zero-order valence-corrected chi connectivity index (χ0v) is 14.3. The normalized spacial score (nSPS) is 22.9. The van der Waals surface area contributed by atoms with Crippen LogP contribution in [0, 0.1) is 0 Å². The Hall–Kier alpha value is -1.43. The molecule has 2 fully saturated rings. The van der Waals surface area contributed by atoms with Crippen molar-refractivity contribution < 1.29 is 4.79 Å². The molecule has 0 saturated carbocycles. The molecule has 1 amide bonds. The van der Waals surface area contributed by atoms with Crippen LogP contribution in [0.1, 0.15) is 29.8 Å². The van der Waals surface area contributed by atoms with Gasteiger partial charge in [0.15, 0.2) is 0 Å². The third kappa shape index (κ3) is 3.57. The summed E-state index contributed by atoms with van der Waals surface area (Å²) < 4.78 is 0. The van der Waals surface area contributed by atoms with Gasteiger partial charge in [-0.1, -0.05) is 12.1 Å². The van der Waals surface area contributed by atoms with Crippen molar-refractivity contribution in [2.45, 2.75) is 31.3 Å². The van der Waals surface area contributed by atoms with Gasteiger partial charge in [-0.25, -0.2) is 4.98 Å². The maximum absolute atomic E-state index is 12.7. The van der Waals surface area contributed by atoms with E-state index in [1.165, 1.54) is 6.42 Å². The Labute approximate surface area is 147 Å². The van der Waals surface area contributed by atoms with E-state index in [0.717, 1.165) is 37.0 Å². The van der Waals surface area contributed by atoms with Crippen LogP contribution in [0.4, 0.5) is 0 Å². The van der Waals surface area contributed by atoms with Crippen LogP contribution in [0.15, 0.2) is 30.5 Å². The molecule has 2 aromatic rings. The lowest BCUT2D eigenvalue weighted by molar-refractivity contribution is 0.0742. The fourth-order valence-electron chi connectivity index (χ4n) is 3.35. The van der Waals surface area contributed by atoms with Crippen LogP contribution in [0.3, 0.4) is 0 Å². The van der Waals surface area contributed by atoms with E-state index in [0.29, 0.717) is 17.8 Å². The third-order valence-corrected chi connectivity index (χ3v) is 4.48. The third-order valence-electron chi connectivity index (χ3n) is 4.48. The van der Waals surface area contributed by atoms with Crippen molar-refractivity contribution in [2.24, 2.45) is 0 Å². The zero-order valence-electron chi connectivity index (χ0n) is 12.6. The van der Waals surface area contributed by atoms with Gasteiger partial charge in [-0.15, -0.1) is 24.8 Å². The first kappa shape index (κ1) is 17.9. The Kier molecular flexibility index (Phi) is 5.79. The van der Waals surface area contributed by atoms with Gasteiger partial charge in [0.2, 0.25) is 0 Å².